The molecule has 0 heterocycles. The van der Waals surface area contributed by atoms with Crippen molar-refractivity contribution in [3.8, 4) is 5.75 Å². The first kappa shape index (κ1) is 15.2. The molecule has 0 aliphatic carbocycles. The molecule has 0 unspecified atom stereocenters. The molecule has 110 valence electrons. The van der Waals surface area contributed by atoms with E-state index in [0.29, 0.717) is 34.3 Å². The summed E-state index contributed by atoms with van der Waals surface area (Å²) in [5, 5.41) is 3.40. The Morgan fingerprint density at radius 2 is 2.05 bits per heavy atom. The van der Waals surface area contributed by atoms with Crippen molar-refractivity contribution in [2.24, 2.45) is 0 Å². The third-order valence-electron chi connectivity index (χ3n) is 3.02. The standard InChI is InChI=1S/C16H17ClN2O2/c1-3-21-15-7-5-11(8-13(15)18)16(20)19-14-9-12(17)6-4-10(14)2/h4-9H,3,18H2,1-2H3,(H,19,20). The average molecular weight is 305 g/mol. The van der Waals surface area contributed by atoms with Crippen LogP contribution in [-0.2, 0) is 0 Å². The number of anilines is 2. The van der Waals surface area contributed by atoms with Crippen molar-refractivity contribution in [2.45, 2.75) is 13.8 Å². The van der Waals surface area contributed by atoms with Gasteiger partial charge in [0.15, 0.2) is 0 Å². The van der Waals surface area contributed by atoms with Crippen LogP contribution in [0.4, 0.5) is 11.4 Å². The molecule has 0 aliphatic rings. The molecule has 2 aromatic carbocycles. The van der Waals surface area contributed by atoms with Crippen LogP contribution in [0.5, 0.6) is 5.75 Å². The number of amides is 1. The fraction of sp³-hybridized carbons (Fsp3) is 0.188. The van der Waals surface area contributed by atoms with Crippen LogP contribution < -0.4 is 15.8 Å². The van der Waals surface area contributed by atoms with Crippen LogP contribution >= 0.6 is 11.6 Å². The molecule has 4 nitrogen and oxygen atoms in total. The van der Waals surface area contributed by atoms with Gasteiger partial charge in [-0.25, -0.2) is 0 Å². The monoisotopic (exact) mass is 304 g/mol. The summed E-state index contributed by atoms with van der Waals surface area (Å²) in [6.45, 7) is 4.30. The van der Waals surface area contributed by atoms with E-state index in [4.69, 9.17) is 22.1 Å². The molecular weight excluding hydrogens is 288 g/mol. The Morgan fingerprint density at radius 1 is 1.29 bits per heavy atom. The van der Waals surface area contributed by atoms with Crippen LogP contribution in [-0.4, -0.2) is 12.5 Å². The van der Waals surface area contributed by atoms with Crippen LogP contribution in [0.15, 0.2) is 36.4 Å². The number of nitrogens with one attached hydrogen (secondary N) is 1. The van der Waals surface area contributed by atoms with Crippen LogP contribution in [0.2, 0.25) is 5.02 Å². The summed E-state index contributed by atoms with van der Waals surface area (Å²) in [5.41, 5.74) is 8.39. The van der Waals surface area contributed by atoms with Crippen molar-refractivity contribution in [3.63, 3.8) is 0 Å². The van der Waals surface area contributed by atoms with E-state index in [1.54, 1.807) is 30.3 Å². The van der Waals surface area contributed by atoms with Gasteiger partial charge in [0.25, 0.3) is 5.91 Å². The summed E-state index contributed by atoms with van der Waals surface area (Å²) >= 11 is 5.94. The number of nitrogen functional groups attached to an aromatic ring is 1. The molecule has 21 heavy (non-hydrogen) atoms. The van der Waals surface area contributed by atoms with Gasteiger partial charge in [-0.05, 0) is 49.7 Å². The van der Waals surface area contributed by atoms with Crippen molar-refractivity contribution >= 4 is 28.9 Å². The molecule has 0 bridgehead atoms. The van der Waals surface area contributed by atoms with Gasteiger partial charge < -0.3 is 15.8 Å². The first-order valence-corrected chi connectivity index (χ1v) is 6.99. The van der Waals surface area contributed by atoms with Gasteiger partial charge in [-0.1, -0.05) is 17.7 Å². The third-order valence-corrected chi connectivity index (χ3v) is 3.25. The zero-order chi connectivity index (χ0) is 15.4. The summed E-state index contributed by atoms with van der Waals surface area (Å²) in [6.07, 6.45) is 0. The van der Waals surface area contributed by atoms with Crippen LogP contribution in [0.3, 0.4) is 0 Å². The van der Waals surface area contributed by atoms with Crippen molar-refractivity contribution in [3.05, 3.63) is 52.5 Å². The number of carbonyl (C=O) groups excluding carboxylic acids is 1. The highest BCUT2D eigenvalue weighted by Gasteiger charge is 2.10. The van der Waals surface area contributed by atoms with Crippen molar-refractivity contribution in [1.29, 1.82) is 0 Å². The SMILES string of the molecule is CCOc1ccc(C(=O)Nc2cc(Cl)ccc2C)cc1N. The quantitative estimate of drug-likeness (QED) is 0.842. The average Bonchev–Trinajstić information content (AvgIpc) is 2.45. The summed E-state index contributed by atoms with van der Waals surface area (Å²) in [7, 11) is 0. The van der Waals surface area contributed by atoms with E-state index >= 15 is 0 Å². The molecule has 2 rings (SSSR count). The zero-order valence-electron chi connectivity index (χ0n) is 11.9. The summed E-state index contributed by atoms with van der Waals surface area (Å²) in [6, 6.07) is 10.3. The number of ether oxygens (including phenoxy) is 1. The maximum atomic E-state index is 12.2. The molecular formula is C16H17ClN2O2. The van der Waals surface area contributed by atoms with Crippen molar-refractivity contribution in [1.82, 2.24) is 0 Å². The number of hydrogen-bond acceptors (Lipinski definition) is 3. The molecule has 0 spiro atoms. The Balaban J connectivity index is 2.20. The molecule has 0 aromatic heterocycles. The van der Waals surface area contributed by atoms with Crippen molar-refractivity contribution < 1.29 is 9.53 Å². The van der Waals surface area contributed by atoms with E-state index in [9.17, 15) is 4.79 Å². The second-order valence-corrected chi connectivity index (χ2v) is 5.04. The first-order valence-electron chi connectivity index (χ1n) is 6.61. The maximum Gasteiger partial charge on any atom is 0.255 e. The van der Waals surface area contributed by atoms with E-state index in [-0.39, 0.29) is 5.91 Å². The van der Waals surface area contributed by atoms with E-state index in [1.165, 1.54) is 0 Å². The van der Waals surface area contributed by atoms with Gasteiger partial charge in [0, 0.05) is 16.3 Å². The molecule has 2 aromatic rings. The van der Waals surface area contributed by atoms with Gasteiger partial charge in [-0.2, -0.15) is 0 Å². The fourth-order valence-electron chi connectivity index (χ4n) is 1.90. The number of halogens is 1. The van der Waals surface area contributed by atoms with E-state index in [1.807, 2.05) is 19.9 Å². The predicted octanol–water partition coefficient (Wildman–Crippen LogP) is 3.88. The number of hydrogen-bond donors (Lipinski definition) is 2. The summed E-state index contributed by atoms with van der Waals surface area (Å²) < 4.78 is 5.35. The van der Waals surface area contributed by atoms with Crippen LogP contribution in [0, 0.1) is 6.92 Å². The Kier molecular flexibility index (Phi) is 4.70. The minimum absolute atomic E-state index is 0.241. The van der Waals surface area contributed by atoms with Gasteiger partial charge in [-0.3, -0.25) is 4.79 Å². The number of carbonyl (C=O) groups is 1. The molecule has 3 N–H and O–H groups in total. The lowest BCUT2D eigenvalue weighted by molar-refractivity contribution is 0.102. The molecule has 0 saturated heterocycles. The normalized spacial score (nSPS) is 10.2. The van der Waals surface area contributed by atoms with Crippen LogP contribution in [0.1, 0.15) is 22.8 Å². The van der Waals surface area contributed by atoms with E-state index in [0.717, 1.165) is 5.56 Å². The zero-order valence-corrected chi connectivity index (χ0v) is 12.7. The largest absolute Gasteiger partial charge is 0.492 e. The molecule has 0 saturated carbocycles. The lowest BCUT2D eigenvalue weighted by Gasteiger charge is -2.11. The Morgan fingerprint density at radius 3 is 2.71 bits per heavy atom. The lowest BCUT2D eigenvalue weighted by atomic mass is 10.1. The molecule has 1 amide bonds. The highest BCUT2D eigenvalue weighted by atomic mass is 35.5. The molecule has 0 fully saturated rings. The number of aryl methyl sites for hydroxylation is 1. The number of nitrogens with two attached hydrogens (primary N) is 1. The molecule has 0 aliphatic heterocycles. The van der Waals surface area contributed by atoms with E-state index < -0.39 is 0 Å². The second kappa shape index (κ2) is 6.50. The minimum atomic E-state index is -0.241. The van der Waals surface area contributed by atoms with Gasteiger partial charge >= 0.3 is 0 Å². The Hall–Kier alpha value is -2.20. The number of benzene rings is 2. The highest BCUT2D eigenvalue weighted by molar-refractivity contribution is 6.31. The van der Waals surface area contributed by atoms with Crippen LogP contribution in [0.25, 0.3) is 0 Å². The van der Waals surface area contributed by atoms with Gasteiger partial charge in [-0.15, -0.1) is 0 Å². The Bertz CT molecular complexity index is 671. The number of rotatable bonds is 4. The van der Waals surface area contributed by atoms with Gasteiger partial charge in [0.1, 0.15) is 5.75 Å². The fourth-order valence-corrected chi connectivity index (χ4v) is 2.07. The van der Waals surface area contributed by atoms with Gasteiger partial charge in [0.05, 0.1) is 12.3 Å². The Labute approximate surface area is 128 Å². The summed E-state index contributed by atoms with van der Waals surface area (Å²) in [4.78, 5) is 12.2. The first-order chi connectivity index (χ1) is 10.0. The highest BCUT2D eigenvalue weighted by Crippen LogP contribution is 2.24. The molecule has 5 heteroatoms. The topological polar surface area (TPSA) is 64.3 Å². The molecule has 0 radical (unpaired) electrons. The lowest BCUT2D eigenvalue weighted by Crippen LogP contribution is -2.13. The van der Waals surface area contributed by atoms with Crippen molar-refractivity contribution in [2.75, 3.05) is 17.7 Å². The third kappa shape index (κ3) is 3.67. The predicted molar refractivity (Wildman–Crippen MR) is 86.2 cm³/mol. The summed E-state index contributed by atoms with van der Waals surface area (Å²) in [5.74, 6) is 0.336. The minimum Gasteiger partial charge on any atom is -0.492 e. The van der Waals surface area contributed by atoms with Gasteiger partial charge in [0.2, 0.25) is 0 Å². The smallest absolute Gasteiger partial charge is 0.255 e. The second-order valence-electron chi connectivity index (χ2n) is 4.60. The maximum absolute atomic E-state index is 12.2. The molecule has 0 atom stereocenters. The van der Waals surface area contributed by atoms with E-state index in [2.05, 4.69) is 5.32 Å².